The normalized spacial score (nSPS) is 8.62. The second-order valence-electron chi connectivity index (χ2n) is 2.26. The molecular weight excluding hydrogens is 188 g/mol. The molecule has 0 aliphatic heterocycles. The topological polar surface area (TPSA) is 37.3 Å². The van der Waals surface area contributed by atoms with Crippen LogP contribution in [0.3, 0.4) is 0 Å². The Morgan fingerprint density at radius 1 is 1.38 bits per heavy atom. The molecule has 0 aliphatic rings. The van der Waals surface area contributed by atoms with Gasteiger partial charge in [0.25, 0.3) is 0 Å². The number of hydrogen-bond donors (Lipinski definition) is 1. The van der Waals surface area contributed by atoms with Crippen LogP contribution in [-0.2, 0) is 0 Å². The van der Waals surface area contributed by atoms with Gasteiger partial charge in [0.15, 0.2) is 0 Å². The summed E-state index contributed by atoms with van der Waals surface area (Å²) in [5.74, 6) is -0.940. The van der Waals surface area contributed by atoms with Gasteiger partial charge in [0.1, 0.15) is 0 Å². The quantitative estimate of drug-likeness (QED) is 0.755. The Morgan fingerprint density at radius 3 is 2.31 bits per heavy atom. The van der Waals surface area contributed by atoms with Crippen molar-refractivity contribution >= 4 is 17.6 Å². The van der Waals surface area contributed by atoms with E-state index < -0.39 is 5.97 Å². The zero-order valence-corrected chi connectivity index (χ0v) is 8.72. The molecular formula is C10H13ClO2. The lowest BCUT2D eigenvalue weighted by Crippen LogP contribution is -1.98. The minimum Gasteiger partial charge on any atom is -0.478 e. The van der Waals surface area contributed by atoms with E-state index in [0.717, 1.165) is 5.56 Å². The number of hydrogen-bond acceptors (Lipinski definition) is 1. The number of aromatic carboxylic acids is 1. The van der Waals surface area contributed by atoms with Gasteiger partial charge in [-0.15, -0.1) is 0 Å². The van der Waals surface area contributed by atoms with Gasteiger partial charge in [0.05, 0.1) is 5.56 Å². The standard InChI is InChI=1S/C8H7ClO2.C2H6/c1-5-2-3-6(9)4-7(5)8(10)11;1-2/h2-4H,1H3,(H,10,11);1-2H3. The molecule has 0 heterocycles. The van der Waals surface area contributed by atoms with Gasteiger partial charge in [0, 0.05) is 5.02 Å². The van der Waals surface area contributed by atoms with Crippen molar-refractivity contribution in [1.29, 1.82) is 0 Å². The molecule has 0 fully saturated rings. The highest BCUT2D eigenvalue weighted by Gasteiger charge is 2.05. The lowest BCUT2D eigenvalue weighted by molar-refractivity contribution is 0.0696. The summed E-state index contributed by atoms with van der Waals surface area (Å²) in [5.41, 5.74) is 0.986. The van der Waals surface area contributed by atoms with E-state index in [1.165, 1.54) is 6.07 Å². The van der Waals surface area contributed by atoms with Gasteiger partial charge in [-0.25, -0.2) is 4.79 Å². The molecule has 0 radical (unpaired) electrons. The first kappa shape index (κ1) is 12.0. The van der Waals surface area contributed by atoms with Crippen LogP contribution < -0.4 is 0 Å². The number of carboxylic acid groups (broad SMARTS) is 1. The molecule has 0 spiro atoms. The van der Waals surface area contributed by atoms with Gasteiger partial charge in [-0.1, -0.05) is 31.5 Å². The van der Waals surface area contributed by atoms with E-state index >= 15 is 0 Å². The number of carbonyl (C=O) groups is 1. The van der Waals surface area contributed by atoms with Crippen molar-refractivity contribution in [2.24, 2.45) is 0 Å². The molecule has 1 N–H and O–H groups in total. The molecule has 13 heavy (non-hydrogen) atoms. The second kappa shape index (κ2) is 5.60. The molecule has 0 atom stereocenters. The van der Waals surface area contributed by atoms with Gasteiger partial charge in [-0.05, 0) is 24.6 Å². The summed E-state index contributed by atoms with van der Waals surface area (Å²) in [4.78, 5) is 10.5. The zero-order chi connectivity index (χ0) is 10.4. The summed E-state index contributed by atoms with van der Waals surface area (Å²) in [6.07, 6.45) is 0. The first-order chi connectivity index (χ1) is 6.11. The molecule has 72 valence electrons. The number of carboxylic acids is 1. The molecule has 0 bridgehead atoms. The smallest absolute Gasteiger partial charge is 0.336 e. The van der Waals surface area contributed by atoms with E-state index in [4.69, 9.17) is 16.7 Å². The molecule has 0 aliphatic carbocycles. The first-order valence-electron chi connectivity index (χ1n) is 4.10. The molecule has 1 aromatic carbocycles. The van der Waals surface area contributed by atoms with Crippen molar-refractivity contribution in [1.82, 2.24) is 0 Å². The summed E-state index contributed by atoms with van der Waals surface area (Å²) in [5, 5.41) is 9.08. The van der Waals surface area contributed by atoms with Crippen LogP contribution in [0.15, 0.2) is 18.2 Å². The van der Waals surface area contributed by atoms with Crippen LogP contribution in [0.4, 0.5) is 0 Å². The molecule has 2 nitrogen and oxygen atoms in total. The van der Waals surface area contributed by atoms with E-state index in [-0.39, 0.29) is 5.56 Å². The van der Waals surface area contributed by atoms with Crippen molar-refractivity contribution < 1.29 is 9.90 Å². The Hall–Kier alpha value is -1.02. The van der Waals surface area contributed by atoms with E-state index in [1.54, 1.807) is 19.1 Å². The van der Waals surface area contributed by atoms with Crippen LogP contribution in [0.2, 0.25) is 5.02 Å². The molecule has 3 heteroatoms. The van der Waals surface area contributed by atoms with E-state index in [2.05, 4.69) is 0 Å². The molecule has 1 aromatic rings. The first-order valence-corrected chi connectivity index (χ1v) is 4.48. The Bertz CT molecular complexity index is 295. The van der Waals surface area contributed by atoms with Gasteiger partial charge >= 0.3 is 5.97 Å². The third-order valence-electron chi connectivity index (χ3n) is 1.43. The Labute approximate surface area is 83.2 Å². The highest BCUT2D eigenvalue weighted by Crippen LogP contribution is 2.14. The average molecular weight is 201 g/mol. The Kier molecular flexibility index (Phi) is 5.16. The third kappa shape index (κ3) is 3.47. The summed E-state index contributed by atoms with van der Waals surface area (Å²) in [7, 11) is 0. The van der Waals surface area contributed by atoms with Crippen LogP contribution in [0.25, 0.3) is 0 Å². The monoisotopic (exact) mass is 200 g/mol. The van der Waals surface area contributed by atoms with Gasteiger partial charge < -0.3 is 5.11 Å². The lowest BCUT2D eigenvalue weighted by Gasteiger charge is -1.99. The van der Waals surface area contributed by atoms with E-state index in [9.17, 15) is 4.79 Å². The van der Waals surface area contributed by atoms with Crippen LogP contribution in [0.5, 0.6) is 0 Å². The summed E-state index contributed by atoms with van der Waals surface area (Å²) >= 11 is 5.60. The summed E-state index contributed by atoms with van der Waals surface area (Å²) in [6, 6.07) is 4.80. The predicted molar refractivity (Wildman–Crippen MR) is 54.5 cm³/mol. The van der Waals surface area contributed by atoms with E-state index in [0.29, 0.717) is 5.02 Å². The largest absolute Gasteiger partial charge is 0.478 e. The maximum Gasteiger partial charge on any atom is 0.336 e. The molecule has 1 rings (SSSR count). The highest BCUT2D eigenvalue weighted by molar-refractivity contribution is 6.30. The van der Waals surface area contributed by atoms with Crippen molar-refractivity contribution in [2.45, 2.75) is 20.8 Å². The zero-order valence-electron chi connectivity index (χ0n) is 7.97. The van der Waals surface area contributed by atoms with Gasteiger partial charge in [-0.3, -0.25) is 0 Å². The second-order valence-corrected chi connectivity index (χ2v) is 2.70. The lowest BCUT2D eigenvalue weighted by atomic mass is 10.1. The summed E-state index contributed by atoms with van der Waals surface area (Å²) in [6.45, 7) is 5.74. The SMILES string of the molecule is CC.Cc1ccc(Cl)cc1C(=O)O. The summed E-state index contributed by atoms with van der Waals surface area (Å²) < 4.78 is 0. The Balaban J connectivity index is 0.000000671. The maximum absolute atomic E-state index is 10.5. The maximum atomic E-state index is 10.5. The molecule has 0 amide bonds. The van der Waals surface area contributed by atoms with Crippen LogP contribution in [0.1, 0.15) is 29.8 Å². The van der Waals surface area contributed by atoms with Crippen LogP contribution in [-0.4, -0.2) is 11.1 Å². The van der Waals surface area contributed by atoms with Crippen molar-refractivity contribution in [3.05, 3.63) is 34.3 Å². The fourth-order valence-electron chi connectivity index (χ4n) is 0.825. The fraction of sp³-hybridized carbons (Fsp3) is 0.300. The molecule has 0 unspecified atom stereocenters. The average Bonchev–Trinajstić information content (AvgIpc) is 2.12. The molecule has 0 saturated heterocycles. The predicted octanol–water partition coefficient (Wildman–Crippen LogP) is 3.37. The Morgan fingerprint density at radius 2 is 1.92 bits per heavy atom. The minimum atomic E-state index is -0.940. The van der Waals surface area contributed by atoms with Crippen molar-refractivity contribution in [3.63, 3.8) is 0 Å². The van der Waals surface area contributed by atoms with Gasteiger partial charge in [0.2, 0.25) is 0 Å². The molecule has 0 aromatic heterocycles. The highest BCUT2D eigenvalue weighted by atomic mass is 35.5. The fourth-order valence-corrected chi connectivity index (χ4v) is 0.997. The minimum absolute atomic E-state index is 0.262. The number of halogens is 1. The number of aryl methyl sites for hydroxylation is 1. The molecule has 0 saturated carbocycles. The number of benzene rings is 1. The van der Waals surface area contributed by atoms with Crippen LogP contribution >= 0.6 is 11.6 Å². The van der Waals surface area contributed by atoms with Crippen molar-refractivity contribution in [3.8, 4) is 0 Å². The third-order valence-corrected chi connectivity index (χ3v) is 1.67. The van der Waals surface area contributed by atoms with Gasteiger partial charge in [-0.2, -0.15) is 0 Å². The van der Waals surface area contributed by atoms with Crippen LogP contribution in [0, 0.1) is 6.92 Å². The van der Waals surface area contributed by atoms with E-state index in [1.807, 2.05) is 13.8 Å². The number of rotatable bonds is 1. The van der Waals surface area contributed by atoms with Crippen molar-refractivity contribution in [2.75, 3.05) is 0 Å².